The summed E-state index contributed by atoms with van der Waals surface area (Å²) < 4.78 is 5.20. The summed E-state index contributed by atoms with van der Waals surface area (Å²) in [5, 5.41) is 6.06. The van der Waals surface area contributed by atoms with E-state index in [1.807, 2.05) is 43.3 Å². The molecule has 29 heavy (non-hydrogen) atoms. The maximum absolute atomic E-state index is 12.7. The average Bonchev–Trinajstić information content (AvgIpc) is 2.75. The van der Waals surface area contributed by atoms with Gasteiger partial charge in [0.05, 0.1) is 19.3 Å². The molecule has 0 fully saturated rings. The Bertz CT molecular complexity index is 1020. The Morgan fingerprint density at radius 1 is 1.03 bits per heavy atom. The zero-order chi connectivity index (χ0) is 20.6. The molecule has 1 aromatic heterocycles. The molecule has 3 aromatic rings. The Morgan fingerprint density at radius 2 is 1.90 bits per heavy atom. The van der Waals surface area contributed by atoms with Crippen molar-refractivity contribution in [2.75, 3.05) is 12.4 Å². The monoisotopic (exact) mass is 388 g/mol. The summed E-state index contributed by atoms with van der Waals surface area (Å²) in [6.45, 7) is 4.44. The van der Waals surface area contributed by atoms with Crippen LogP contribution in [0.1, 0.15) is 27.2 Å². The van der Waals surface area contributed by atoms with Crippen LogP contribution in [0.5, 0.6) is 5.75 Å². The molecule has 3 rings (SSSR count). The van der Waals surface area contributed by atoms with Crippen LogP contribution in [0, 0.1) is 13.8 Å². The van der Waals surface area contributed by atoms with Gasteiger partial charge in [0.25, 0.3) is 5.91 Å². The Hall–Kier alpha value is -3.67. The number of aryl methyl sites for hydroxylation is 2. The van der Waals surface area contributed by atoms with Gasteiger partial charge in [0.1, 0.15) is 5.75 Å². The Labute approximate surface area is 170 Å². The molecule has 0 saturated carbocycles. The highest BCUT2D eigenvalue weighted by atomic mass is 16.5. The number of amides is 1. The van der Waals surface area contributed by atoms with Crippen molar-refractivity contribution in [3.63, 3.8) is 0 Å². The fourth-order valence-corrected chi connectivity index (χ4v) is 2.66. The van der Waals surface area contributed by atoms with Gasteiger partial charge in [-0.15, -0.1) is 0 Å². The third-order valence-electron chi connectivity index (χ3n) is 4.46. The summed E-state index contributed by atoms with van der Waals surface area (Å²) in [5.41, 5.74) is 4.49. The van der Waals surface area contributed by atoms with Crippen LogP contribution >= 0.6 is 0 Å². The molecule has 1 amide bonds. The van der Waals surface area contributed by atoms with Crippen molar-refractivity contribution in [3.05, 3.63) is 89.2 Å². The topological polar surface area (TPSA) is 75.6 Å². The molecule has 0 saturated heterocycles. The third kappa shape index (κ3) is 5.65. The lowest BCUT2D eigenvalue weighted by atomic mass is 10.1. The minimum Gasteiger partial charge on any atom is -0.497 e. The number of carbonyl (C=O) groups excluding carboxylic acids is 1. The summed E-state index contributed by atoms with van der Waals surface area (Å²) in [4.78, 5) is 21.6. The van der Waals surface area contributed by atoms with Gasteiger partial charge in [-0.25, -0.2) is 4.99 Å². The fourth-order valence-electron chi connectivity index (χ4n) is 2.66. The van der Waals surface area contributed by atoms with Gasteiger partial charge in [0.2, 0.25) is 5.96 Å². The molecular weight excluding hydrogens is 364 g/mol. The van der Waals surface area contributed by atoms with E-state index in [1.54, 1.807) is 37.6 Å². The SMILES string of the molecule is COc1cccc(C(=O)NC(=NCc2ccccn2)Nc2ccc(C)c(C)c2)c1. The normalized spacial score (nSPS) is 11.1. The van der Waals surface area contributed by atoms with Crippen molar-refractivity contribution in [1.29, 1.82) is 0 Å². The molecule has 0 radical (unpaired) electrons. The number of benzene rings is 2. The van der Waals surface area contributed by atoms with E-state index in [-0.39, 0.29) is 5.91 Å². The van der Waals surface area contributed by atoms with Crippen LogP contribution in [0.2, 0.25) is 0 Å². The van der Waals surface area contributed by atoms with Crippen LogP contribution in [0.3, 0.4) is 0 Å². The number of nitrogens with zero attached hydrogens (tertiary/aromatic N) is 2. The first-order valence-electron chi connectivity index (χ1n) is 9.29. The lowest BCUT2D eigenvalue weighted by Crippen LogP contribution is -2.36. The number of hydrogen-bond acceptors (Lipinski definition) is 4. The Kier molecular flexibility index (Phi) is 6.58. The first-order chi connectivity index (χ1) is 14.0. The lowest BCUT2D eigenvalue weighted by Gasteiger charge is -2.13. The summed E-state index contributed by atoms with van der Waals surface area (Å²) in [6, 6.07) is 18.6. The van der Waals surface area contributed by atoms with Gasteiger partial charge in [-0.1, -0.05) is 18.2 Å². The van der Waals surface area contributed by atoms with Crippen LogP contribution in [0.4, 0.5) is 5.69 Å². The fraction of sp³-hybridized carbons (Fsp3) is 0.174. The summed E-state index contributed by atoms with van der Waals surface area (Å²) >= 11 is 0. The molecule has 0 aliphatic rings. The zero-order valence-corrected chi connectivity index (χ0v) is 16.8. The smallest absolute Gasteiger partial charge is 0.258 e. The summed E-state index contributed by atoms with van der Waals surface area (Å²) in [6.07, 6.45) is 1.72. The van der Waals surface area contributed by atoms with Crippen molar-refractivity contribution in [3.8, 4) is 5.75 Å². The Balaban J connectivity index is 1.82. The number of anilines is 1. The van der Waals surface area contributed by atoms with Crippen LogP contribution < -0.4 is 15.4 Å². The molecule has 0 aliphatic carbocycles. The quantitative estimate of drug-likeness (QED) is 0.510. The number of aromatic nitrogens is 1. The molecule has 1 heterocycles. The minimum absolute atomic E-state index is 0.278. The number of nitrogens with one attached hydrogen (secondary N) is 2. The van der Waals surface area contributed by atoms with Crippen molar-refractivity contribution >= 4 is 17.6 Å². The molecule has 2 aromatic carbocycles. The van der Waals surface area contributed by atoms with E-state index in [1.165, 1.54) is 5.56 Å². The van der Waals surface area contributed by atoms with E-state index in [2.05, 4.69) is 27.5 Å². The zero-order valence-electron chi connectivity index (χ0n) is 16.8. The van der Waals surface area contributed by atoms with E-state index in [9.17, 15) is 4.79 Å². The number of methoxy groups -OCH3 is 1. The number of rotatable bonds is 5. The highest BCUT2D eigenvalue weighted by Gasteiger charge is 2.11. The number of guanidine groups is 1. The second-order valence-corrected chi connectivity index (χ2v) is 6.60. The van der Waals surface area contributed by atoms with Crippen molar-refractivity contribution in [2.45, 2.75) is 20.4 Å². The molecule has 0 bridgehead atoms. The Morgan fingerprint density at radius 3 is 2.62 bits per heavy atom. The van der Waals surface area contributed by atoms with Crippen LogP contribution in [-0.4, -0.2) is 24.0 Å². The first-order valence-corrected chi connectivity index (χ1v) is 9.29. The maximum atomic E-state index is 12.7. The van der Waals surface area contributed by atoms with Crippen molar-refractivity contribution < 1.29 is 9.53 Å². The van der Waals surface area contributed by atoms with Gasteiger partial charge in [-0.05, 0) is 67.4 Å². The van der Waals surface area contributed by atoms with Gasteiger partial charge >= 0.3 is 0 Å². The van der Waals surface area contributed by atoms with Gasteiger partial charge < -0.3 is 10.1 Å². The molecule has 0 spiro atoms. The van der Waals surface area contributed by atoms with Gasteiger partial charge in [0.15, 0.2) is 0 Å². The molecule has 6 nitrogen and oxygen atoms in total. The predicted molar refractivity (Wildman–Crippen MR) is 115 cm³/mol. The summed E-state index contributed by atoms with van der Waals surface area (Å²) in [5.74, 6) is 0.693. The maximum Gasteiger partial charge on any atom is 0.258 e. The van der Waals surface area contributed by atoms with E-state index < -0.39 is 0 Å². The largest absolute Gasteiger partial charge is 0.497 e. The molecule has 148 valence electrons. The van der Waals surface area contributed by atoms with Crippen molar-refractivity contribution in [2.24, 2.45) is 4.99 Å². The number of aliphatic imine (C=N–C) groups is 1. The third-order valence-corrected chi connectivity index (χ3v) is 4.46. The van der Waals surface area contributed by atoms with Gasteiger partial charge in [0, 0.05) is 17.4 Å². The average molecular weight is 388 g/mol. The molecule has 0 atom stereocenters. The highest BCUT2D eigenvalue weighted by molar-refractivity contribution is 6.10. The second kappa shape index (κ2) is 9.50. The van der Waals surface area contributed by atoms with Crippen LogP contribution in [0.25, 0.3) is 0 Å². The van der Waals surface area contributed by atoms with E-state index in [0.29, 0.717) is 23.8 Å². The van der Waals surface area contributed by atoms with E-state index >= 15 is 0 Å². The molecule has 0 unspecified atom stereocenters. The summed E-state index contributed by atoms with van der Waals surface area (Å²) in [7, 11) is 1.57. The molecule has 6 heteroatoms. The molecule has 2 N–H and O–H groups in total. The predicted octanol–water partition coefficient (Wildman–Crippen LogP) is 4.11. The van der Waals surface area contributed by atoms with Gasteiger partial charge in [-0.3, -0.25) is 15.1 Å². The number of ether oxygens (including phenoxy) is 1. The van der Waals surface area contributed by atoms with Crippen LogP contribution in [-0.2, 0) is 6.54 Å². The minimum atomic E-state index is -0.278. The van der Waals surface area contributed by atoms with Crippen molar-refractivity contribution in [1.82, 2.24) is 10.3 Å². The van der Waals surface area contributed by atoms with E-state index in [0.717, 1.165) is 16.9 Å². The van der Waals surface area contributed by atoms with E-state index in [4.69, 9.17) is 4.74 Å². The standard InChI is InChI=1S/C23H24N4O2/c1-16-10-11-19(13-17(16)2)26-23(25-15-20-8-4-5-12-24-20)27-22(28)18-7-6-9-21(14-18)29-3/h4-14H,15H2,1-3H3,(H2,25,26,27,28). The second-order valence-electron chi connectivity index (χ2n) is 6.60. The number of hydrogen-bond donors (Lipinski definition) is 2. The molecular formula is C23H24N4O2. The molecule has 0 aliphatic heterocycles. The van der Waals surface area contributed by atoms with Gasteiger partial charge in [-0.2, -0.15) is 0 Å². The first kappa shape index (κ1) is 20.1. The lowest BCUT2D eigenvalue weighted by molar-refractivity contribution is 0.0976. The highest BCUT2D eigenvalue weighted by Crippen LogP contribution is 2.15. The number of pyridine rings is 1. The number of carbonyl (C=O) groups is 1. The van der Waals surface area contributed by atoms with Crippen LogP contribution in [0.15, 0.2) is 71.9 Å².